The zero-order valence-corrected chi connectivity index (χ0v) is 91.8. The first kappa shape index (κ1) is 116. The minimum Gasteiger partial charge on any atom is -0.444 e. The Kier molecular flexibility index (Phi) is 51.7. The molecule has 0 spiro atoms. The van der Waals surface area contributed by atoms with Crippen molar-refractivity contribution in [3.8, 4) is 0 Å². The number of carbonyl (C=O) groups excluding carboxylic acids is 6. The van der Waals surface area contributed by atoms with Gasteiger partial charge in [-0.2, -0.15) is 0 Å². The second kappa shape index (κ2) is 61.3. The molecule has 1 aromatic rings. The molecule has 794 valence electrons. The first-order valence-corrected chi connectivity index (χ1v) is 59.4. The normalized spacial score (nSPS) is 23.5. The number of amides is 6. The van der Waals surface area contributed by atoms with E-state index in [1.807, 2.05) is 71.9 Å². The fourth-order valence-electron chi connectivity index (χ4n) is 26.9. The van der Waals surface area contributed by atoms with E-state index in [-0.39, 0.29) is 76.1 Å². The van der Waals surface area contributed by atoms with Gasteiger partial charge in [0, 0.05) is 66.8 Å². The number of alkyl carbamates (subject to hydrolysis) is 2. The van der Waals surface area contributed by atoms with Crippen molar-refractivity contribution >= 4 is 36.6 Å². The van der Waals surface area contributed by atoms with E-state index in [9.17, 15) is 28.8 Å². The highest BCUT2D eigenvalue weighted by atomic mass is 16.6. The van der Waals surface area contributed by atoms with Crippen molar-refractivity contribution in [3.05, 3.63) is 35.9 Å². The van der Waals surface area contributed by atoms with Crippen molar-refractivity contribution < 1.29 is 57.2 Å². The quantitative estimate of drug-likeness (QED) is 0.0477. The van der Waals surface area contributed by atoms with E-state index in [1.54, 1.807) is 0 Å². The minimum absolute atomic E-state index is 0.00861. The number of hydrogen-bond donors (Lipinski definition) is 2. The Morgan fingerprint density at radius 3 is 0.877 bits per heavy atom. The van der Waals surface area contributed by atoms with Gasteiger partial charge in [0.15, 0.2) is 0 Å². The smallest absolute Gasteiger partial charge is 0.410 e. The standard InChI is InChI=1S/C26H43NO2.C21H37NO2.C21H31NO2.C19H37NO2.C18H33NO2.C15H31NO2/c1-25(2,26-16-19-13-20(17-26)15-21(14-19)18-26)29-24(28)27(22-9-5-3-6-10-22)23-11-7-4-8-12-23;1-21(2,17-11-9-10-12-17)24-20(23)22(18-13-5-3-6-14-18)19-15-7-4-8-16-19;1-17(18-11-5-2-6-12-18)24-21(23)22(19-13-7-3-8-14-19)20-15-9-4-10-16-20;1-4-5-6-7-8-9-13-16-20-18(21)22-19(2,3)17-14-11-10-12-15-17;1-4-18(2,3)21-17(20)19(15-11-7-5-8-12-15)16-13-9-6-10-14-16;1-5-7-8-9-10-11-12-13-16-14(17)18-15(3,4)6-2/h19-23H,3-18H2,1-2H3;17-19H,3-16H2,1-2H3;2,5-6,11-12,17,19-20H,3-4,7-10,13-16H2,1H3;17H,4-16H2,1-3H3,(H,20,21);15-16H,4-14H2,1-3H3;5-13H2,1-4H3,(H,16,17). The van der Waals surface area contributed by atoms with Crippen molar-refractivity contribution in [1.82, 2.24) is 30.2 Å². The summed E-state index contributed by atoms with van der Waals surface area (Å²) in [6.07, 6.45) is 87.6. The molecule has 18 nitrogen and oxygen atoms in total. The van der Waals surface area contributed by atoms with Gasteiger partial charge in [0.2, 0.25) is 0 Å². The van der Waals surface area contributed by atoms with E-state index in [1.165, 1.54) is 379 Å². The van der Waals surface area contributed by atoms with E-state index < -0.39 is 0 Å². The summed E-state index contributed by atoms with van der Waals surface area (Å²) in [5.41, 5.74) is -0.370. The number of nitrogens with one attached hydrogen (secondary N) is 2. The summed E-state index contributed by atoms with van der Waals surface area (Å²) in [4.78, 5) is 85.0. The lowest BCUT2D eigenvalue weighted by molar-refractivity contribution is -0.169. The maximum Gasteiger partial charge on any atom is 0.410 e. The summed E-state index contributed by atoms with van der Waals surface area (Å²) < 4.78 is 35.5. The van der Waals surface area contributed by atoms with Crippen LogP contribution in [0.1, 0.15) is 571 Å². The van der Waals surface area contributed by atoms with Gasteiger partial charge in [-0.05, 0) is 304 Å². The van der Waals surface area contributed by atoms with Crippen LogP contribution < -0.4 is 10.6 Å². The lowest BCUT2D eigenvalue weighted by Gasteiger charge is -2.61. The highest BCUT2D eigenvalue weighted by molar-refractivity contribution is 5.71. The van der Waals surface area contributed by atoms with Gasteiger partial charge in [-0.25, -0.2) is 28.8 Å². The van der Waals surface area contributed by atoms with Crippen LogP contribution >= 0.6 is 0 Å². The molecule has 14 saturated carbocycles. The van der Waals surface area contributed by atoms with E-state index in [4.69, 9.17) is 28.4 Å². The molecule has 6 amide bonds. The fourth-order valence-corrected chi connectivity index (χ4v) is 26.9. The van der Waals surface area contributed by atoms with Crippen LogP contribution in [-0.2, 0) is 28.4 Å². The number of nitrogens with zero attached hydrogens (tertiary/aromatic N) is 4. The van der Waals surface area contributed by atoms with E-state index >= 15 is 0 Å². The average molecular weight is 1930 g/mol. The Labute approximate surface area is 845 Å². The van der Waals surface area contributed by atoms with Crippen molar-refractivity contribution in [2.45, 2.75) is 642 Å². The van der Waals surface area contributed by atoms with Crippen LogP contribution in [0.5, 0.6) is 0 Å². The molecule has 2 N–H and O–H groups in total. The Morgan fingerprint density at radius 2 is 0.565 bits per heavy atom. The van der Waals surface area contributed by atoms with E-state index in [2.05, 4.69) is 92.5 Å². The third-order valence-corrected chi connectivity index (χ3v) is 36.0. The zero-order valence-electron chi connectivity index (χ0n) is 91.8. The van der Waals surface area contributed by atoms with Crippen molar-refractivity contribution in [2.75, 3.05) is 13.1 Å². The maximum absolute atomic E-state index is 13.8. The second-order valence-corrected chi connectivity index (χ2v) is 48.8. The SMILES string of the molecule is CC(C)(OC(=O)N(C1CCCCC1)C1CCCCC1)C12CC3CC(CC(C3)C1)C2.CC(C)(OC(=O)N(C1CCCCC1)C1CCCCC1)C1CCCC1.CC(OC(=O)N(C1CCCCC1)C1CCCCC1)c1ccccc1.CCC(C)(C)OC(=O)N(C1CCCCC1)C1CCCCC1.CCCCCCCCCNC(=O)OC(C)(C)C1CCCCC1.CCCCCCCCCNC(=O)OC(C)(C)CC. The lowest BCUT2D eigenvalue weighted by Crippen LogP contribution is -2.59. The predicted octanol–water partition coefficient (Wildman–Crippen LogP) is 34.7. The molecule has 15 rings (SSSR count). The predicted molar refractivity (Wildman–Crippen MR) is 568 cm³/mol. The number of hydrogen-bond acceptors (Lipinski definition) is 12. The lowest BCUT2D eigenvalue weighted by atomic mass is 9.46. The molecule has 18 heteroatoms. The Balaban J connectivity index is 0.000000187. The van der Waals surface area contributed by atoms with Crippen LogP contribution in [0.25, 0.3) is 0 Å². The molecular formula is C120H212N6O12. The fraction of sp³-hybridized carbons (Fsp3) is 0.900. The first-order valence-electron chi connectivity index (χ1n) is 59.4. The summed E-state index contributed by atoms with van der Waals surface area (Å²) in [7, 11) is 0. The molecule has 1 atom stereocenters. The minimum atomic E-state index is -0.357. The maximum atomic E-state index is 13.8. The summed E-state index contributed by atoms with van der Waals surface area (Å²) in [5.74, 6) is 3.75. The molecule has 0 aliphatic heterocycles. The molecule has 14 aliphatic rings. The molecule has 14 fully saturated rings. The third kappa shape index (κ3) is 39.3. The van der Waals surface area contributed by atoms with Crippen LogP contribution in [0.4, 0.5) is 28.8 Å². The van der Waals surface area contributed by atoms with Gasteiger partial charge < -0.3 is 58.7 Å². The van der Waals surface area contributed by atoms with Crippen LogP contribution in [0.15, 0.2) is 30.3 Å². The van der Waals surface area contributed by atoms with Crippen molar-refractivity contribution in [2.24, 2.45) is 35.0 Å². The van der Waals surface area contributed by atoms with Crippen LogP contribution in [0.3, 0.4) is 0 Å². The van der Waals surface area contributed by atoms with Crippen molar-refractivity contribution in [1.29, 1.82) is 0 Å². The molecule has 1 unspecified atom stereocenters. The molecule has 4 bridgehead atoms. The van der Waals surface area contributed by atoms with Gasteiger partial charge in [-0.1, -0.05) is 321 Å². The van der Waals surface area contributed by atoms with Gasteiger partial charge in [0.1, 0.15) is 34.1 Å². The average Bonchev–Trinajstić information content (AvgIpc) is 0.787. The monoisotopic (exact) mass is 1930 g/mol. The summed E-state index contributed by atoms with van der Waals surface area (Å²) >= 11 is 0. The summed E-state index contributed by atoms with van der Waals surface area (Å²) in [6.45, 7) is 32.9. The molecule has 0 aromatic heterocycles. The third-order valence-electron chi connectivity index (χ3n) is 36.0. The highest BCUT2D eigenvalue weighted by Crippen LogP contribution is 2.65. The summed E-state index contributed by atoms with van der Waals surface area (Å²) in [5, 5.41) is 5.73. The number of benzene rings is 1. The topological polar surface area (TPSA) is 195 Å². The number of carbonyl (C=O) groups is 6. The van der Waals surface area contributed by atoms with Gasteiger partial charge >= 0.3 is 36.6 Å². The van der Waals surface area contributed by atoms with E-state index in [0.29, 0.717) is 60.2 Å². The Bertz CT molecular complexity index is 3380. The molecule has 0 saturated heterocycles. The molecule has 0 heterocycles. The molecule has 138 heavy (non-hydrogen) atoms. The van der Waals surface area contributed by atoms with Crippen molar-refractivity contribution in [3.63, 3.8) is 0 Å². The Morgan fingerprint density at radius 1 is 0.312 bits per heavy atom. The van der Waals surface area contributed by atoms with Crippen LogP contribution in [0.2, 0.25) is 0 Å². The van der Waals surface area contributed by atoms with E-state index in [0.717, 1.165) is 113 Å². The highest BCUT2D eigenvalue weighted by Gasteiger charge is 2.60. The molecule has 0 radical (unpaired) electrons. The number of unbranched alkanes of at least 4 members (excludes halogenated alkanes) is 12. The van der Waals surface area contributed by atoms with Gasteiger partial charge in [-0.15, -0.1) is 0 Å². The van der Waals surface area contributed by atoms with Gasteiger partial charge in [0.05, 0.1) is 0 Å². The molecular weight excluding hydrogens is 1720 g/mol. The molecule has 1 aromatic carbocycles. The number of rotatable bonds is 36. The summed E-state index contributed by atoms with van der Waals surface area (Å²) in [6, 6.07) is 13.4. The van der Waals surface area contributed by atoms with Crippen LogP contribution in [0, 0.1) is 35.0 Å². The van der Waals surface area contributed by atoms with Gasteiger partial charge in [-0.3, -0.25) is 0 Å². The Hall–Kier alpha value is -5.16. The largest absolute Gasteiger partial charge is 0.444 e. The molecule has 14 aliphatic carbocycles. The number of ether oxygens (including phenoxy) is 6. The first-order chi connectivity index (χ1) is 66.4. The zero-order chi connectivity index (χ0) is 99.2. The second-order valence-electron chi connectivity index (χ2n) is 48.8. The van der Waals surface area contributed by atoms with Crippen LogP contribution in [-0.4, -0.2) is 146 Å². The van der Waals surface area contributed by atoms with Gasteiger partial charge in [0.25, 0.3) is 0 Å².